The van der Waals surface area contributed by atoms with Crippen molar-refractivity contribution >= 4 is 5.91 Å². The molecule has 30 heavy (non-hydrogen) atoms. The molecule has 0 aliphatic carbocycles. The number of carbonyl (C=O) groups is 1. The van der Waals surface area contributed by atoms with Crippen LogP contribution in [0.25, 0.3) is 0 Å². The molecule has 1 unspecified atom stereocenters. The molecule has 7 nitrogen and oxygen atoms in total. The first-order valence-corrected chi connectivity index (χ1v) is 10.0. The van der Waals surface area contributed by atoms with E-state index in [2.05, 4.69) is 22.3 Å². The number of amides is 1. The van der Waals surface area contributed by atoms with Crippen LogP contribution in [-0.4, -0.2) is 52.3 Å². The van der Waals surface area contributed by atoms with Crippen LogP contribution < -0.4 is 24.3 Å². The molecule has 0 bridgehead atoms. The summed E-state index contributed by atoms with van der Waals surface area (Å²) in [5, 5.41) is 3.00. The molecule has 0 radical (unpaired) electrons. The van der Waals surface area contributed by atoms with Crippen LogP contribution in [0.1, 0.15) is 30.0 Å². The van der Waals surface area contributed by atoms with E-state index in [1.54, 1.807) is 34.5 Å². The molecule has 0 spiro atoms. The number of nitrogens with zero attached hydrogens (tertiary/aromatic N) is 1. The highest BCUT2D eigenvalue weighted by Crippen LogP contribution is 2.35. The van der Waals surface area contributed by atoms with E-state index in [4.69, 9.17) is 18.9 Å². The zero-order chi connectivity index (χ0) is 21.5. The Bertz CT molecular complexity index is 853. The van der Waals surface area contributed by atoms with E-state index < -0.39 is 0 Å². The lowest BCUT2D eigenvalue weighted by Gasteiger charge is -2.24. The Hall–Kier alpha value is -2.93. The van der Waals surface area contributed by atoms with Gasteiger partial charge >= 0.3 is 0 Å². The number of hydrogen-bond donors (Lipinski definition) is 1. The second-order valence-electron chi connectivity index (χ2n) is 7.20. The molecule has 1 saturated heterocycles. The van der Waals surface area contributed by atoms with Crippen molar-refractivity contribution in [3.8, 4) is 23.0 Å². The van der Waals surface area contributed by atoms with Crippen molar-refractivity contribution in [1.82, 2.24) is 10.2 Å². The van der Waals surface area contributed by atoms with Gasteiger partial charge in [-0.05, 0) is 43.1 Å². The second-order valence-corrected chi connectivity index (χ2v) is 7.20. The number of likely N-dealkylation sites (tertiary alicyclic amines) is 1. The number of nitrogens with one attached hydrogen (secondary N) is 1. The topological polar surface area (TPSA) is 69.3 Å². The lowest BCUT2D eigenvalue weighted by Crippen LogP contribution is -2.36. The van der Waals surface area contributed by atoms with Crippen LogP contribution in [0.15, 0.2) is 36.4 Å². The average molecular weight is 415 g/mol. The van der Waals surface area contributed by atoms with Gasteiger partial charge in [0, 0.05) is 24.2 Å². The van der Waals surface area contributed by atoms with Gasteiger partial charge in [-0.15, -0.1) is 0 Å². The smallest absolute Gasteiger partial charge is 0.234 e. The molecule has 1 amide bonds. The molecule has 1 N–H and O–H groups in total. The first-order chi connectivity index (χ1) is 14.6. The summed E-state index contributed by atoms with van der Waals surface area (Å²) in [7, 11) is 6.41. The van der Waals surface area contributed by atoms with Gasteiger partial charge in [0.2, 0.25) is 5.91 Å². The summed E-state index contributed by atoms with van der Waals surface area (Å²) in [5.74, 6) is 2.65. The molecule has 3 rings (SSSR count). The standard InChI is InChI=1S/C23H30N2O5/c1-27-18-9-7-16(8-10-18)19-6-5-11-25(19)15-23(26)24-14-17-12-21(29-3)22(30-4)13-20(17)28-2/h7-10,12-13,19H,5-6,11,14-15H2,1-4H3,(H,24,26). The Morgan fingerprint density at radius 2 is 1.63 bits per heavy atom. The summed E-state index contributed by atoms with van der Waals surface area (Å²) in [6.07, 6.45) is 2.12. The highest BCUT2D eigenvalue weighted by atomic mass is 16.5. The van der Waals surface area contributed by atoms with Gasteiger partial charge in [0.1, 0.15) is 11.5 Å². The van der Waals surface area contributed by atoms with E-state index in [0.717, 1.165) is 30.7 Å². The number of benzene rings is 2. The molecule has 162 valence electrons. The second kappa shape index (κ2) is 10.2. The van der Waals surface area contributed by atoms with Gasteiger partial charge in [-0.1, -0.05) is 12.1 Å². The van der Waals surface area contributed by atoms with Crippen LogP contribution in [0.2, 0.25) is 0 Å². The molecule has 1 aliphatic rings. The highest BCUT2D eigenvalue weighted by Gasteiger charge is 2.27. The zero-order valence-corrected chi connectivity index (χ0v) is 18.1. The molecule has 2 aromatic carbocycles. The first-order valence-electron chi connectivity index (χ1n) is 10.0. The van der Waals surface area contributed by atoms with Gasteiger partial charge in [0.25, 0.3) is 0 Å². The quantitative estimate of drug-likeness (QED) is 0.680. The number of hydrogen-bond acceptors (Lipinski definition) is 6. The van der Waals surface area contributed by atoms with Gasteiger partial charge in [0.05, 0.1) is 35.0 Å². The van der Waals surface area contributed by atoms with E-state index in [-0.39, 0.29) is 11.9 Å². The van der Waals surface area contributed by atoms with Gasteiger partial charge in [-0.2, -0.15) is 0 Å². The summed E-state index contributed by atoms with van der Waals surface area (Å²) in [6.45, 7) is 1.61. The van der Waals surface area contributed by atoms with E-state index in [0.29, 0.717) is 30.3 Å². The SMILES string of the molecule is COc1ccc(C2CCCN2CC(=O)NCc2cc(OC)c(OC)cc2OC)cc1. The Morgan fingerprint density at radius 3 is 2.27 bits per heavy atom. The van der Waals surface area contributed by atoms with E-state index >= 15 is 0 Å². The number of methoxy groups -OCH3 is 4. The van der Waals surface area contributed by atoms with Gasteiger partial charge in [0.15, 0.2) is 11.5 Å². The molecule has 1 heterocycles. The Morgan fingerprint density at radius 1 is 0.967 bits per heavy atom. The molecule has 1 fully saturated rings. The van der Waals surface area contributed by atoms with Crippen LogP contribution in [0, 0.1) is 0 Å². The number of rotatable bonds is 9. The maximum atomic E-state index is 12.7. The molecule has 7 heteroatoms. The Labute approximate surface area is 177 Å². The van der Waals surface area contributed by atoms with Crippen molar-refractivity contribution in [3.63, 3.8) is 0 Å². The summed E-state index contributed by atoms with van der Waals surface area (Å²) >= 11 is 0. The molecule has 0 saturated carbocycles. The fraction of sp³-hybridized carbons (Fsp3) is 0.435. The third kappa shape index (κ3) is 4.97. The van der Waals surface area contributed by atoms with Gasteiger partial charge in [-0.25, -0.2) is 0 Å². The minimum absolute atomic E-state index is 0.0211. The van der Waals surface area contributed by atoms with Crippen LogP contribution in [0.5, 0.6) is 23.0 Å². The average Bonchev–Trinajstić information content (AvgIpc) is 3.24. The first kappa shape index (κ1) is 21.8. The minimum atomic E-state index is -0.0211. The van der Waals surface area contributed by atoms with Crippen molar-refractivity contribution in [3.05, 3.63) is 47.5 Å². The Kier molecular flexibility index (Phi) is 7.41. The fourth-order valence-corrected chi connectivity index (χ4v) is 3.88. The molecular weight excluding hydrogens is 384 g/mol. The molecule has 1 atom stereocenters. The fourth-order valence-electron chi connectivity index (χ4n) is 3.88. The maximum absolute atomic E-state index is 12.7. The van der Waals surface area contributed by atoms with Gasteiger partial charge < -0.3 is 24.3 Å². The summed E-state index contributed by atoms with van der Waals surface area (Å²) in [6, 6.07) is 11.9. The van der Waals surface area contributed by atoms with E-state index in [1.807, 2.05) is 18.2 Å². The third-order valence-electron chi connectivity index (χ3n) is 5.47. The van der Waals surface area contributed by atoms with Crippen molar-refractivity contribution in [1.29, 1.82) is 0 Å². The van der Waals surface area contributed by atoms with Crippen LogP contribution >= 0.6 is 0 Å². The van der Waals surface area contributed by atoms with Crippen LogP contribution in [0.3, 0.4) is 0 Å². The van der Waals surface area contributed by atoms with Crippen LogP contribution in [-0.2, 0) is 11.3 Å². The molecule has 2 aromatic rings. The largest absolute Gasteiger partial charge is 0.497 e. The summed E-state index contributed by atoms with van der Waals surface area (Å²) in [5.41, 5.74) is 2.04. The van der Waals surface area contributed by atoms with E-state index in [9.17, 15) is 4.79 Å². The lowest BCUT2D eigenvalue weighted by molar-refractivity contribution is -0.122. The highest BCUT2D eigenvalue weighted by molar-refractivity contribution is 5.78. The van der Waals surface area contributed by atoms with Crippen molar-refractivity contribution in [2.75, 3.05) is 41.5 Å². The lowest BCUT2D eigenvalue weighted by atomic mass is 10.0. The monoisotopic (exact) mass is 414 g/mol. The zero-order valence-electron chi connectivity index (χ0n) is 18.1. The predicted molar refractivity (Wildman–Crippen MR) is 114 cm³/mol. The van der Waals surface area contributed by atoms with Crippen molar-refractivity contribution in [2.45, 2.75) is 25.4 Å². The number of carbonyl (C=O) groups excluding carboxylic acids is 1. The van der Waals surface area contributed by atoms with Crippen molar-refractivity contribution < 1.29 is 23.7 Å². The third-order valence-corrected chi connectivity index (χ3v) is 5.47. The number of ether oxygens (including phenoxy) is 4. The summed E-state index contributed by atoms with van der Waals surface area (Å²) < 4.78 is 21.4. The molecular formula is C23H30N2O5. The minimum Gasteiger partial charge on any atom is -0.497 e. The van der Waals surface area contributed by atoms with Crippen molar-refractivity contribution in [2.24, 2.45) is 0 Å². The molecule has 0 aromatic heterocycles. The normalized spacial score (nSPS) is 16.2. The predicted octanol–water partition coefficient (Wildman–Crippen LogP) is 3.17. The van der Waals surface area contributed by atoms with E-state index in [1.165, 1.54) is 5.56 Å². The molecule has 1 aliphatic heterocycles. The Balaban J connectivity index is 1.62. The summed E-state index contributed by atoms with van der Waals surface area (Å²) in [4.78, 5) is 14.9. The van der Waals surface area contributed by atoms with Crippen LogP contribution in [0.4, 0.5) is 0 Å². The maximum Gasteiger partial charge on any atom is 0.234 e. The van der Waals surface area contributed by atoms with Gasteiger partial charge in [-0.3, -0.25) is 9.69 Å².